The first-order chi connectivity index (χ1) is 31.0. The summed E-state index contributed by atoms with van der Waals surface area (Å²) in [5, 5.41) is 106. The van der Waals surface area contributed by atoms with Crippen molar-refractivity contribution < 1.29 is 184 Å². The molecule has 0 amide bonds. The van der Waals surface area contributed by atoms with E-state index >= 15 is 0 Å². The van der Waals surface area contributed by atoms with E-state index < -0.39 is 93.3 Å². The van der Waals surface area contributed by atoms with Crippen LogP contribution in [0.25, 0.3) is 0 Å². The van der Waals surface area contributed by atoms with E-state index in [0.717, 1.165) is 25.7 Å². The standard InChI is InChI=1S/4C11H18O6.3Ti/c4*1-7(2)5-3-4-6-11(8(12)13,9(14)15)10(16)17;;;/h4*7H,3-6H2,1-2H3,(H,12,13)(H,14,15)(H,16,17);;;. The fourth-order valence-electron chi connectivity index (χ4n) is 6.15. The Morgan fingerprint density at radius 1 is 0.239 bits per heavy atom. The van der Waals surface area contributed by atoms with E-state index in [9.17, 15) is 57.5 Å². The van der Waals surface area contributed by atoms with Crippen molar-refractivity contribution in [3.8, 4) is 0 Å². The van der Waals surface area contributed by atoms with E-state index in [-0.39, 0.29) is 117 Å². The molecular weight excluding hydrogens is 1060 g/mol. The number of rotatable bonds is 32. The minimum absolute atomic E-state index is 0. The summed E-state index contributed by atoms with van der Waals surface area (Å²) in [7, 11) is 0. The molecule has 0 aliphatic heterocycles. The second kappa shape index (κ2) is 39.3. The molecule has 0 rings (SSSR count). The van der Waals surface area contributed by atoms with Crippen LogP contribution in [0.4, 0.5) is 0 Å². The summed E-state index contributed by atoms with van der Waals surface area (Å²) in [5.74, 6) is -20.1. The molecule has 0 heterocycles. The predicted molar refractivity (Wildman–Crippen MR) is 235 cm³/mol. The van der Waals surface area contributed by atoms with Gasteiger partial charge in [0.2, 0.25) is 0 Å². The topological polar surface area (TPSA) is 448 Å². The molecule has 0 radical (unpaired) electrons. The maximum absolute atomic E-state index is 10.9. The van der Waals surface area contributed by atoms with Crippen LogP contribution in [0.5, 0.6) is 0 Å². The van der Waals surface area contributed by atoms with Crippen molar-refractivity contribution in [2.45, 2.75) is 158 Å². The SMILES string of the molecule is CC(C)CCCCC(C(=O)O)(C(=O)O)C(=O)O.CC(C)CCCCC(C(=O)O)(C(=O)O)C(=O)O.CC(C)CCCCC(C(=O)O)(C(=O)O)C(=O)O.CC(C)CCCCC(C(=O)O)(C(=O)O)C(=O)O.[Ti].[Ti].[Ti]. The Balaban J connectivity index is -0.000000152. The third-order valence-corrected chi connectivity index (χ3v) is 10.7. The summed E-state index contributed by atoms with van der Waals surface area (Å²) in [4.78, 5) is 130. The number of carboxylic acids is 12. The van der Waals surface area contributed by atoms with Gasteiger partial charge in [-0.3, -0.25) is 57.5 Å². The smallest absolute Gasteiger partial charge is 0.332 e. The molecule has 0 aromatic rings. The van der Waals surface area contributed by atoms with Crippen LogP contribution in [0.2, 0.25) is 0 Å². The van der Waals surface area contributed by atoms with E-state index in [0.29, 0.717) is 49.4 Å². The van der Waals surface area contributed by atoms with Gasteiger partial charge in [0.25, 0.3) is 21.7 Å². The normalized spacial score (nSPS) is 11.0. The van der Waals surface area contributed by atoms with E-state index in [1.165, 1.54) is 0 Å². The Labute approximate surface area is 456 Å². The summed E-state index contributed by atoms with van der Waals surface area (Å²) >= 11 is 0. The molecule has 0 aromatic heterocycles. The first-order valence-electron chi connectivity index (χ1n) is 21.8. The van der Waals surface area contributed by atoms with Crippen LogP contribution in [0.3, 0.4) is 0 Å². The molecule has 0 unspecified atom stereocenters. The Bertz CT molecular complexity index is 1350. The molecule has 0 aromatic carbocycles. The Morgan fingerprint density at radius 2 is 0.338 bits per heavy atom. The van der Waals surface area contributed by atoms with Crippen molar-refractivity contribution in [2.24, 2.45) is 45.3 Å². The van der Waals surface area contributed by atoms with Crippen LogP contribution in [-0.2, 0) is 123 Å². The van der Waals surface area contributed by atoms with E-state index in [4.69, 9.17) is 61.3 Å². The Morgan fingerprint density at radius 3 is 0.408 bits per heavy atom. The van der Waals surface area contributed by atoms with Crippen LogP contribution in [0, 0.1) is 45.3 Å². The number of carboxylic acid groups (broad SMARTS) is 12. The van der Waals surface area contributed by atoms with Crippen molar-refractivity contribution in [1.82, 2.24) is 0 Å². The summed E-state index contributed by atoms with van der Waals surface area (Å²) < 4.78 is 0. The molecule has 71 heavy (non-hydrogen) atoms. The van der Waals surface area contributed by atoms with Gasteiger partial charge in [0, 0.05) is 65.2 Å². The van der Waals surface area contributed by atoms with E-state index in [1.807, 2.05) is 55.4 Å². The van der Waals surface area contributed by atoms with Gasteiger partial charge in [-0.1, -0.05) is 132 Å². The maximum Gasteiger partial charge on any atom is 0.332 e. The molecule has 0 fully saturated rings. The third kappa shape index (κ3) is 26.9. The molecule has 0 bridgehead atoms. The van der Waals surface area contributed by atoms with Gasteiger partial charge in [-0.25, -0.2) is 0 Å². The molecular formula is C44H72O24Ti3. The number of aliphatic carboxylic acids is 12. The van der Waals surface area contributed by atoms with Crippen molar-refractivity contribution >= 4 is 71.6 Å². The molecule has 404 valence electrons. The summed E-state index contributed by atoms with van der Waals surface area (Å²) in [6, 6.07) is 0. The summed E-state index contributed by atoms with van der Waals surface area (Å²) in [6.45, 7) is 15.9. The second-order valence-corrected chi connectivity index (χ2v) is 17.8. The first-order valence-corrected chi connectivity index (χ1v) is 21.8. The average Bonchev–Trinajstić information content (AvgIpc) is 3.16. The summed E-state index contributed by atoms with van der Waals surface area (Å²) in [6.07, 6.45) is 5.24. The Hall–Kier alpha value is -4.22. The van der Waals surface area contributed by atoms with Crippen molar-refractivity contribution in [1.29, 1.82) is 0 Å². The molecule has 0 saturated carbocycles. The number of hydrogen-bond acceptors (Lipinski definition) is 12. The molecule has 27 heteroatoms. The van der Waals surface area contributed by atoms with Gasteiger partial charge >= 0.3 is 71.6 Å². The van der Waals surface area contributed by atoms with Gasteiger partial charge in [-0.15, -0.1) is 0 Å². The van der Waals surface area contributed by atoms with Gasteiger partial charge in [0.1, 0.15) is 0 Å². The van der Waals surface area contributed by atoms with Crippen LogP contribution >= 0.6 is 0 Å². The van der Waals surface area contributed by atoms with Crippen LogP contribution in [0.1, 0.15) is 158 Å². The quantitative estimate of drug-likeness (QED) is 0.0216. The van der Waals surface area contributed by atoms with E-state index in [1.54, 1.807) is 0 Å². The maximum atomic E-state index is 10.9. The fraction of sp³-hybridized carbons (Fsp3) is 0.727. The monoisotopic (exact) mass is 1130 g/mol. The minimum atomic E-state index is -2.71. The first kappa shape index (κ1) is 80.9. The number of unbranched alkanes of at least 4 members (excludes halogenated alkanes) is 4. The van der Waals surface area contributed by atoms with Gasteiger partial charge in [0.15, 0.2) is 0 Å². The molecule has 12 N–H and O–H groups in total. The van der Waals surface area contributed by atoms with Crippen LogP contribution in [-0.4, -0.2) is 133 Å². The molecule has 0 aliphatic rings. The molecule has 24 nitrogen and oxygen atoms in total. The molecule has 0 atom stereocenters. The second-order valence-electron chi connectivity index (χ2n) is 17.8. The van der Waals surface area contributed by atoms with Crippen molar-refractivity contribution in [3.05, 3.63) is 0 Å². The average molecular weight is 1130 g/mol. The van der Waals surface area contributed by atoms with Crippen LogP contribution < -0.4 is 0 Å². The van der Waals surface area contributed by atoms with Crippen molar-refractivity contribution in [3.63, 3.8) is 0 Å². The summed E-state index contributed by atoms with van der Waals surface area (Å²) in [5.41, 5.74) is -10.8. The predicted octanol–water partition coefficient (Wildman–Crippen LogP) is 5.76. The molecule has 0 aliphatic carbocycles. The Kier molecular flexibility index (Phi) is 44.8. The number of hydrogen-bond donors (Lipinski definition) is 12. The van der Waals surface area contributed by atoms with Gasteiger partial charge in [-0.2, -0.15) is 0 Å². The zero-order valence-corrected chi connectivity index (χ0v) is 46.1. The van der Waals surface area contributed by atoms with E-state index in [2.05, 4.69) is 0 Å². The van der Waals surface area contributed by atoms with Gasteiger partial charge in [-0.05, 0) is 49.4 Å². The molecule has 0 saturated heterocycles. The van der Waals surface area contributed by atoms with Crippen molar-refractivity contribution in [2.75, 3.05) is 0 Å². The molecule has 0 spiro atoms. The van der Waals surface area contributed by atoms with Crippen LogP contribution in [0.15, 0.2) is 0 Å². The fourth-order valence-corrected chi connectivity index (χ4v) is 6.15. The zero-order valence-electron chi connectivity index (χ0n) is 41.4. The third-order valence-electron chi connectivity index (χ3n) is 10.7. The largest absolute Gasteiger partial charge is 0.480 e. The van der Waals surface area contributed by atoms with Gasteiger partial charge < -0.3 is 61.3 Å². The number of carbonyl (C=O) groups is 12. The minimum Gasteiger partial charge on any atom is -0.480 e. The van der Waals surface area contributed by atoms with Gasteiger partial charge in [0.05, 0.1) is 0 Å². The zero-order chi connectivity index (χ0) is 54.6.